The van der Waals surface area contributed by atoms with Crippen molar-refractivity contribution in [2.75, 3.05) is 0 Å². The monoisotopic (exact) mass is 250 g/mol. The van der Waals surface area contributed by atoms with Gasteiger partial charge in [-0.05, 0) is 44.4 Å². The van der Waals surface area contributed by atoms with Gasteiger partial charge in [0.25, 0.3) is 0 Å². The van der Waals surface area contributed by atoms with E-state index in [1.165, 1.54) is 5.56 Å². The maximum absolute atomic E-state index is 11.5. The second-order valence-corrected chi connectivity index (χ2v) is 5.32. The third-order valence-corrected chi connectivity index (χ3v) is 2.47. The fourth-order valence-electron chi connectivity index (χ4n) is 1.54. The number of hydrogen-bond acceptors (Lipinski definition) is 3. The zero-order valence-electron chi connectivity index (χ0n) is 11.5. The lowest BCUT2D eigenvalue weighted by Crippen LogP contribution is -2.32. The molecule has 0 unspecified atom stereocenters. The van der Waals surface area contributed by atoms with Gasteiger partial charge in [-0.1, -0.05) is 18.2 Å². The number of alkyl carbamates (subject to hydrolysis) is 1. The molecule has 3 N–H and O–H groups in total. The van der Waals surface area contributed by atoms with Gasteiger partial charge in [-0.3, -0.25) is 0 Å². The molecule has 18 heavy (non-hydrogen) atoms. The van der Waals surface area contributed by atoms with E-state index in [1.54, 1.807) is 0 Å². The molecule has 0 fully saturated rings. The van der Waals surface area contributed by atoms with E-state index in [9.17, 15) is 4.79 Å². The van der Waals surface area contributed by atoms with Crippen LogP contribution in [0.4, 0.5) is 4.79 Å². The van der Waals surface area contributed by atoms with Gasteiger partial charge in [-0.15, -0.1) is 0 Å². The van der Waals surface area contributed by atoms with E-state index < -0.39 is 11.7 Å². The maximum Gasteiger partial charge on any atom is 0.407 e. The summed E-state index contributed by atoms with van der Waals surface area (Å²) in [5.74, 6) is 0. The van der Waals surface area contributed by atoms with Gasteiger partial charge in [0.05, 0.1) is 0 Å². The Kier molecular flexibility index (Phi) is 4.73. The minimum absolute atomic E-state index is 0.405. The van der Waals surface area contributed by atoms with Crippen LogP contribution in [0.1, 0.15) is 37.5 Å². The van der Waals surface area contributed by atoms with Crippen LogP contribution in [0.5, 0.6) is 0 Å². The Morgan fingerprint density at radius 3 is 2.61 bits per heavy atom. The summed E-state index contributed by atoms with van der Waals surface area (Å²) in [4.78, 5) is 11.5. The van der Waals surface area contributed by atoms with E-state index in [0.717, 1.165) is 11.1 Å². The highest BCUT2D eigenvalue weighted by atomic mass is 16.6. The van der Waals surface area contributed by atoms with Crippen molar-refractivity contribution in [3.05, 3.63) is 34.9 Å². The Balaban J connectivity index is 2.56. The Labute approximate surface area is 109 Å². The topological polar surface area (TPSA) is 64.3 Å². The Morgan fingerprint density at radius 1 is 1.39 bits per heavy atom. The van der Waals surface area contributed by atoms with E-state index in [4.69, 9.17) is 10.5 Å². The molecular formula is C14H22N2O2. The lowest BCUT2D eigenvalue weighted by molar-refractivity contribution is 0.0523. The van der Waals surface area contributed by atoms with Gasteiger partial charge >= 0.3 is 6.09 Å². The first-order valence-electron chi connectivity index (χ1n) is 6.07. The average Bonchev–Trinajstić information content (AvgIpc) is 2.25. The van der Waals surface area contributed by atoms with E-state index >= 15 is 0 Å². The molecule has 0 aliphatic rings. The van der Waals surface area contributed by atoms with Gasteiger partial charge in [-0.25, -0.2) is 4.79 Å². The summed E-state index contributed by atoms with van der Waals surface area (Å²) in [6.07, 6.45) is -0.405. The number of nitrogens with one attached hydrogen (secondary N) is 1. The maximum atomic E-state index is 11.5. The molecule has 1 amide bonds. The van der Waals surface area contributed by atoms with E-state index in [1.807, 2.05) is 45.9 Å². The summed E-state index contributed by atoms with van der Waals surface area (Å²) in [6.45, 7) is 8.49. The van der Waals surface area contributed by atoms with Crippen LogP contribution in [-0.2, 0) is 17.8 Å². The van der Waals surface area contributed by atoms with Crippen LogP contribution in [0.3, 0.4) is 0 Å². The molecule has 0 heterocycles. The largest absolute Gasteiger partial charge is 0.444 e. The lowest BCUT2D eigenvalue weighted by atomic mass is 10.1. The number of ether oxygens (including phenoxy) is 1. The predicted octanol–water partition coefficient (Wildman–Crippen LogP) is 2.48. The molecule has 0 aliphatic carbocycles. The van der Waals surface area contributed by atoms with Crippen molar-refractivity contribution in [2.45, 2.75) is 46.4 Å². The first-order valence-corrected chi connectivity index (χ1v) is 6.07. The van der Waals surface area contributed by atoms with Gasteiger partial charge in [0.2, 0.25) is 0 Å². The second-order valence-electron chi connectivity index (χ2n) is 5.32. The second kappa shape index (κ2) is 5.87. The number of carbonyl (C=O) groups is 1. The van der Waals surface area contributed by atoms with Crippen LogP contribution in [-0.4, -0.2) is 11.7 Å². The van der Waals surface area contributed by atoms with Crippen LogP contribution in [0.2, 0.25) is 0 Å². The fourth-order valence-corrected chi connectivity index (χ4v) is 1.54. The number of aryl methyl sites for hydroxylation is 1. The first-order chi connectivity index (χ1) is 8.31. The standard InChI is InChI=1S/C14H22N2O2/c1-10-5-6-11(7-12(10)8-15)9-16-13(17)18-14(2,3)4/h5-7H,8-9,15H2,1-4H3,(H,16,17). The van der Waals surface area contributed by atoms with Crippen LogP contribution < -0.4 is 11.1 Å². The van der Waals surface area contributed by atoms with Gasteiger partial charge in [-0.2, -0.15) is 0 Å². The summed E-state index contributed by atoms with van der Waals surface area (Å²) >= 11 is 0. The quantitative estimate of drug-likeness (QED) is 0.866. The number of amides is 1. The molecule has 100 valence electrons. The first kappa shape index (κ1) is 14.5. The van der Waals surface area contributed by atoms with Crippen molar-refractivity contribution in [2.24, 2.45) is 5.73 Å². The van der Waals surface area contributed by atoms with Crippen molar-refractivity contribution in [3.63, 3.8) is 0 Å². The molecule has 0 aromatic heterocycles. The highest BCUT2D eigenvalue weighted by molar-refractivity contribution is 5.67. The summed E-state index contributed by atoms with van der Waals surface area (Å²) in [5, 5.41) is 2.72. The normalized spacial score (nSPS) is 11.2. The minimum atomic E-state index is -0.472. The molecule has 0 spiro atoms. The molecule has 1 aromatic rings. The number of benzene rings is 1. The minimum Gasteiger partial charge on any atom is -0.444 e. The van der Waals surface area contributed by atoms with Crippen LogP contribution in [0, 0.1) is 6.92 Å². The summed E-state index contributed by atoms with van der Waals surface area (Å²) in [5.41, 5.74) is 8.46. The van der Waals surface area contributed by atoms with Crippen LogP contribution in [0.15, 0.2) is 18.2 Å². The van der Waals surface area contributed by atoms with Crippen molar-refractivity contribution >= 4 is 6.09 Å². The summed E-state index contributed by atoms with van der Waals surface area (Å²) in [6, 6.07) is 5.99. The Morgan fingerprint density at radius 2 is 2.06 bits per heavy atom. The third-order valence-electron chi connectivity index (χ3n) is 2.47. The lowest BCUT2D eigenvalue weighted by Gasteiger charge is -2.19. The van der Waals surface area contributed by atoms with Crippen LogP contribution in [0.25, 0.3) is 0 Å². The van der Waals surface area contributed by atoms with Crippen molar-refractivity contribution in [1.29, 1.82) is 0 Å². The van der Waals surface area contributed by atoms with Crippen molar-refractivity contribution in [1.82, 2.24) is 5.32 Å². The van der Waals surface area contributed by atoms with Crippen molar-refractivity contribution in [3.8, 4) is 0 Å². The van der Waals surface area contributed by atoms with Gasteiger partial charge in [0, 0.05) is 13.1 Å². The van der Waals surface area contributed by atoms with E-state index in [-0.39, 0.29) is 0 Å². The molecule has 4 heteroatoms. The highest BCUT2D eigenvalue weighted by Gasteiger charge is 2.15. The van der Waals surface area contributed by atoms with E-state index in [0.29, 0.717) is 13.1 Å². The predicted molar refractivity (Wildman–Crippen MR) is 72.1 cm³/mol. The molecule has 0 aliphatic heterocycles. The summed E-state index contributed by atoms with van der Waals surface area (Å²) in [7, 11) is 0. The molecule has 1 aromatic carbocycles. The van der Waals surface area contributed by atoms with Crippen molar-refractivity contribution < 1.29 is 9.53 Å². The van der Waals surface area contributed by atoms with Crippen LogP contribution >= 0.6 is 0 Å². The number of nitrogens with two attached hydrogens (primary N) is 1. The third kappa shape index (κ3) is 4.75. The van der Waals surface area contributed by atoms with E-state index in [2.05, 4.69) is 5.32 Å². The van der Waals surface area contributed by atoms with Gasteiger partial charge in [0.15, 0.2) is 0 Å². The Hall–Kier alpha value is -1.55. The Bertz CT molecular complexity index is 422. The molecule has 4 nitrogen and oxygen atoms in total. The molecule has 0 atom stereocenters. The summed E-state index contributed by atoms with van der Waals surface area (Å²) < 4.78 is 5.16. The molecule has 0 bridgehead atoms. The molecule has 0 saturated heterocycles. The fraction of sp³-hybridized carbons (Fsp3) is 0.500. The van der Waals surface area contributed by atoms with Gasteiger partial charge in [0.1, 0.15) is 5.60 Å². The number of carbonyl (C=O) groups excluding carboxylic acids is 1. The zero-order chi connectivity index (χ0) is 13.8. The molecule has 1 rings (SSSR count). The molecule has 0 saturated carbocycles. The molecule has 0 radical (unpaired) electrons. The number of rotatable bonds is 3. The average molecular weight is 250 g/mol. The number of hydrogen-bond donors (Lipinski definition) is 2. The zero-order valence-corrected chi connectivity index (χ0v) is 11.5. The molecular weight excluding hydrogens is 228 g/mol. The smallest absolute Gasteiger partial charge is 0.407 e. The van der Waals surface area contributed by atoms with Gasteiger partial charge < -0.3 is 15.8 Å². The highest BCUT2D eigenvalue weighted by Crippen LogP contribution is 2.11. The SMILES string of the molecule is Cc1ccc(CNC(=O)OC(C)(C)C)cc1CN.